The summed E-state index contributed by atoms with van der Waals surface area (Å²) in [4.78, 5) is 56.9. The van der Waals surface area contributed by atoms with Crippen molar-refractivity contribution < 1.29 is 23.7 Å². The molecule has 2 fully saturated rings. The summed E-state index contributed by atoms with van der Waals surface area (Å²) >= 11 is 0. The molecule has 0 saturated carbocycles. The Morgan fingerprint density at radius 3 is 2.39 bits per heavy atom. The van der Waals surface area contributed by atoms with Crippen LogP contribution in [-0.4, -0.2) is 48.4 Å². The highest BCUT2D eigenvalue weighted by Gasteiger charge is 2.63. The number of nitro benzene ring substituents is 1. The van der Waals surface area contributed by atoms with Gasteiger partial charge in [0.15, 0.2) is 5.41 Å². The first-order valence-corrected chi connectivity index (χ1v) is 12.1. The number of anilines is 3. The van der Waals surface area contributed by atoms with Crippen LogP contribution in [0.2, 0.25) is 0 Å². The van der Waals surface area contributed by atoms with Crippen molar-refractivity contribution in [1.29, 1.82) is 0 Å². The van der Waals surface area contributed by atoms with E-state index in [1.54, 1.807) is 6.07 Å². The summed E-state index contributed by atoms with van der Waals surface area (Å²) in [7, 11) is 0. The quantitative estimate of drug-likeness (QED) is 0.323. The van der Waals surface area contributed by atoms with Crippen LogP contribution in [0, 0.1) is 21.3 Å². The second-order valence-corrected chi connectivity index (χ2v) is 9.59. The average molecular weight is 516 g/mol. The van der Waals surface area contributed by atoms with Crippen molar-refractivity contribution in [1.82, 2.24) is 5.32 Å². The van der Waals surface area contributed by atoms with Gasteiger partial charge in [0, 0.05) is 49.6 Å². The van der Waals surface area contributed by atoms with Crippen LogP contribution in [0.5, 0.6) is 0 Å². The predicted octanol–water partition coefficient (Wildman–Crippen LogP) is 3.25. The van der Waals surface area contributed by atoms with Crippen LogP contribution >= 0.6 is 0 Å². The number of imide groups is 2. The van der Waals surface area contributed by atoms with Gasteiger partial charge in [-0.15, -0.1) is 0 Å². The van der Waals surface area contributed by atoms with Crippen LogP contribution in [0.4, 0.5) is 31.9 Å². The molecular formula is C27H22FN5O5. The molecular weight excluding hydrogens is 493 g/mol. The highest BCUT2D eigenvalue weighted by molar-refractivity contribution is 6.30. The Morgan fingerprint density at radius 1 is 0.947 bits per heavy atom. The first kappa shape index (κ1) is 23.6. The molecule has 1 spiro atoms. The van der Waals surface area contributed by atoms with Gasteiger partial charge in [-0.3, -0.25) is 25.0 Å². The van der Waals surface area contributed by atoms with Gasteiger partial charge < -0.3 is 9.80 Å². The molecule has 2 saturated heterocycles. The third-order valence-electron chi connectivity index (χ3n) is 7.62. The fourth-order valence-electron chi connectivity index (χ4n) is 5.82. The van der Waals surface area contributed by atoms with Crippen LogP contribution in [-0.2, 0) is 16.0 Å². The number of carbonyl (C=O) groups is 3. The lowest BCUT2D eigenvalue weighted by Gasteiger charge is -2.55. The zero-order valence-electron chi connectivity index (χ0n) is 20.0. The number of nitrogens with zero attached hydrogens (tertiary/aromatic N) is 4. The zero-order chi connectivity index (χ0) is 26.6. The van der Waals surface area contributed by atoms with Gasteiger partial charge >= 0.3 is 6.03 Å². The maximum absolute atomic E-state index is 14.3. The number of hydrogen-bond donors (Lipinski definition) is 1. The number of hydrogen-bond acceptors (Lipinski definition) is 7. The Hall–Kier alpha value is -4.80. The van der Waals surface area contributed by atoms with Gasteiger partial charge in [0.05, 0.1) is 16.7 Å². The number of halogens is 1. The minimum absolute atomic E-state index is 0.118. The maximum atomic E-state index is 14.3. The number of urea groups is 1. The van der Waals surface area contributed by atoms with Crippen molar-refractivity contribution in [2.75, 3.05) is 34.3 Å². The van der Waals surface area contributed by atoms with E-state index in [0.29, 0.717) is 30.9 Å². The average Bonchev–Trinajstić information content (AvgIpc) is 2.92. The lowest BCUT2D eigenvalue weighted by Crippen LogP contribution is -2.75. The number of amides is 4. The SMILES string of the molecule is O=C1NC(=O)[C@@]2(Cc3cc([N+](=O)[O-])ccc3N3CCN(c4ccccc4)C[C@H]32)C(=O)N1c1ccc(F)cc1. The normalized spacial score (nSPS) is 22.7. The molecule has 2 atom stereocenters. The second kappa shape index (κ2) is 8.65. The Bertz CT molecular complexity index is 1480. The van der Waals surface area contributed by atoms with Crippen molar-refractivity contribution in [2.24, 2.45) is 5.41 Å². The monoisotopic (exact) mass is 515 g/mol. The predicted molar refractivity (Wildman–Crippen MR) is 136 cm³/mol. The molecule has 0 aliphatic carbocycles. The fraction of sp³-hybridized carbons (Fsp3) is 0.222. The molecule has 3 aromatic rings. The van der Waals surface area contributed by atoms with Crippen molar-refractivity contribution >= 4 is 40.6 Å². The van der Waals surface area contributed by atoms with Crippen molar-refractivity contribution in [3.05, 3.63) is 94.3 Å². The molecule has 6 rings (SSSR count). The largest absolute Gasteiger partial charge is 0.368 e. The molecule has 3 aromatic carbocycles. The van der Waals surface area contributed by atoms with E-state index in [4.69, 9.17) is 0 Å². The Balaban J connectivity index is 1.50. The number of para-hydroxylation sites is 1. The number of barbiturate groups is 1. The highest BCUT2D eigenvalue weighted by Crippen LogP contribution is 2.47. The molecule has 11 heteroatoms. The third kappa shape index (κ3) is 3.50. The van der Waals surface area contributed by atoms with E-state index < -0.39 is 40.0 Å². The van der Waals surface area contributed by atoms with E-state index in [0.717, 1.165) is 22.7 Å². The van der Waals surface area contributed by atoms with Crippen LogP contribution in [0.1, 0.15) is 5.56 Å². The number of rotatable bonds is 3. The fourth-order valence-corrected chi connectivity index (χ4v) is 5.82. The van der Waals surface area contributed by atoms with E-state index >= 15 is 0 Å². The summed E-state index contributed by atoms with van der Waals surface area (Å²) in [6.45, 7) is 1.33. The summed E-state index contributed by atoms with van der Waals surface area (Å²) in [5.41, 5.74) is 0.304. The van der Waals surface area contributed by atoms with E-state index in [9.17, 15) is 28.9 Å². The van der Waals surface area contributed by atoms with Gasteiger partial charge in [0.2, 0.25) is 5.91 Å². The van der Waals surface area contributed by atoms with Gasteiger partial charge in [-0.25, -0.2) is 14.1 Å². The van der Waals surface area contributed by atoms with Crippen molar-refractivity contribution in [3.8, 4) is 0 Å². The van der Waals surface area contributed by atoms with Gasteiger partial charge in [-0.2, -0.15) is 0 Å². The molecule has 38 heavy (non-hydrogen) atoms. The molecule has 1 N–H and O–H groups in total. The Morgan fingerprint density at radius 2 is 1.68 bits per heavy atom. The standard InChI is InChI=1S/C27H22FN5O5/c28-18-6-8-20(9-7-18)32-25(35)27(24(34)29-26(32)36)15-17-14-21(33(37)38)10-11-22(17)31-13-12-30(16-23(27)31)19-4-2-1-3-5-19/h1-11,14,23H,12-13,15-16H2,(H,29,34,36)/t23-,27-/m0/s1. The summed E-state index contributed by atoms with van der Waals surface area (Å²) in [6.07, 6.45) is -0.135. The number of benzene rings is 3. The summed E-state index contributed by atoms with van der Waals surface area (Å²) < 4.78 is 13.6. The minimum atomic E-state index is -1.77. The molecule has 192 valence electrons. The number of piperazine rings is 1. The van der Waals surface area contributed by atoms with Gasteiger partial charge in [-0.1, -0.05) is 18.2 Å². The van der Waals surface area contributed by atoms with Crippen LogP contribution < -0.4 is 20.0 Å². The molecule has 0 radical (unpaired) electrons. The van der Waals surface area contributed by atoms with E-state index in [2.05, 4.69) is 10.2 Å². The number of carbonyl (C=O) groups excluding carboxylic acids is 3. The van der Waals surface area contributed by atoms with Crippen LogP contribution in [0.15, 0.2) is 72.8 Å². The molecule has 3 heterocycles. The Labute approximate surface area is 216 Å². The highest BCUT2D eigenvalue weighted by atomic mass is 19.1. The van der Waals surface area contributed by atoms with Gasteiger partial charge in [-0.05, 0) is 48.0 Å². The number of fused-ring (bicyclic) bond motifs is 4. The number of non-ortho nitro benzene ring substituents is 1. The number of nitro groups is 1. The topological polar surface area (TPSA) is 116 Å². The third-order valence-corrected chi connectivity index (χ3v) is 7.62. The second-order valence-electron chi connectivity index (χ2n) is 9.59. The van der Waals surface area contributed by atoms with Crippen LogP contribution in [0.3, 0.4) is 0 Å². The van der Waals surface area contributed by atoms with Crippen molar-refractivity contribution in [2.45, 2.75) is 12.5 Å². The molecule has 4 amide bonds. The summed E-state index contributed by atoms with van der Waals surface area (Å²) in [5, 5.41) is 13.9. The molecule has 0 bridgehead atoms. The molecule has 10 nitrogen and oxygen atoms in total. The maximum Gasteiger partial charge on any atom is 0.335 e. The number of nitrogens with one attached hydrogen (secondary N) is 1. The minimum Gasteiger partial charge on any atom is -0.368 e. The lowest BCUT2D eigenvalue weighted by molar-refractivity contribution is -0.384. The summed E-state index contributed by atoms with van der Waals surface area (Å²) in [5.74, 6) is -2.05. The Kier molecular flexibility index (Phi) is 5.37. The summed E-state index contributed by atoms with van der Waals surface area (Å²) in [6, 6.07) is 17.3. The lowest BCUT2D eigenvalue weighted by atomic mass is 9.67. The van der Waals surface area contributed by atoms with Crippen molar-refractivity contribution in [3.63, 3.8) is 0 Å². The smallest absolute Gasteiger partial charge is 0.335 e. The molecule has 0 unspecified atom stereocenters. The van der Waals surface area contributed by atoms with Gasteiger partial charge in [0.25, 0.3) is 11.6 Å². The van der Waals surface area contributed by atoms with Crippen LogP contribution in [0.25, 0.3) is 0 Å². The first-order valence-electron chi connectivity index (χ1n) is 12.1. The zero-order valence-corrected chi connectivity index (χ0v) is 20.0. The first-order chi connectivity index (χ1) is 18.3. The molecule has 0 aromatic heterocycles. The van der Waals surface area contributed by atoms with E-state index in [1.807, 2.05) is 35.2 Å². The molecule has 3 aliphatic rings. The van der Waals surface area contributed by atoms with E-state index in [-0.39, 0.29) is 17.8 Å². The van der Waals surface area contributed by atoms with E-state index in [1.165, 1.54) is 24.3 Å². The van der Waals surface area contributed by atoms with Gasteiger partial charge in [0.1, 0.15) is 5.82 Å². The molecule has 3 aliphatic heterocycles.